The molecule has 1 fully saturated rings. The molecule has 7 heteroatoms. The van der Waals surface area contributed by atoms with Crippen molar-refractivity contribution in [3.8, 4) is 11.3 Å². The predicted octanol–water partition coefficient (Wildman–Crippen LogP) is 4.01. The molecule has 1 aromatic heterocycles. The number of piperidine rings is 1. The number of likely N-dealkylation sites (tertiary alicyclic amines) is 1. The fraction of sp³-hybridized carbons (Fsp3) is 0.250. The number of nitrogens with zero attached hydrogens (tertiary/aromatic N) is 3. The van der Waals surface area contributed by atoms with Crippen LogP contribution < -0.4 is 10.6 Å². The Labute approximate surface area is 180 Å². The Morgan fingerprint density at radius 1 is 1.00 bits per heavy atom. The summed E-state index contributed by atoms with van der Waals surface area (Å²) in [6.07, 6.45) is 5.27. The van der Waals surface area contributed by atoms with Crippen LogP contribution in [0.2, 0.25) is 0 Å². The lowest BCUT2D eigenvalue weighted by molar-refractivity contribution is -0.115. The van der Waals surface area contributed by atoms with Crippen molar-refractivity contribution in [2.45, 2.75) is 25.7 Å². The predicted molar refractivity (Wildman–Crippen MR) is 119 cm³/mol. The molecule has 2 aliphatic rings. The summed E-state index contributed by atoms with van der Waals surface area (Å²) in [7, 11) is 0. The van der Waals surface area contributed by atoms with Gasteiger partial charge in [-0.15, -0.1) is 0 Å². The second-order valence-corrected chi connectivity index (χ2v) is 7.89. The largest absolute Gasteiger partial charge is 0.339 e. The third kappa shape index (κ3) is 3.99. The van der Waals surface area contributed by atoms with Gasteiger partial charge in [0.05, 0.1) is 17.8 Å². The molecule has 0 unspecified atom stereocenters. The van der Waals surface area contributed by atoms with Crippen LogP contribution in [0.25, 0.3) is 11.3 Å². The van der Waals surface area contributed by atoms with Crippen molar-refractivity contribution in [3.05, 3.63) is 65.9 Å². The van der Waals surface area contributed by atoms with Crippen molar-refractivity contribution in [2.75, 3.05) is 23.7 Å². The zero-order valence-corrected chi connectivity index (χ0v) is 17.1. The Balaban J connectivity index is 1.37. The normalized spacial score (nSPS) is 15.4. The number of carbonyl (C=O) groups excluding carboxylic acids is 2. The molecule has 2 aliphatic heterocycles. The number of para-hydroxylation sites is 1. The van der Waals surface area contributed by atoms with Gasteiger partial charge in [0.15, 0.2) is 0 Å². The first-order valence-electron chi connectivity index (χ1n) is 10.6. The summed E-state index contributed by atoms with van der Waals surface area (Å²) in [5.41, 5.74) is 4.63. The average molecular weight is 413 g/mol. The first kappa shape index (κ1) is 19.2. The molecule has 0 bridgehead atoms. The van der Waals surface area contributed by atoms with E-state index in [4.69, 9.17) is 0 Å². The van der Waals surface area contributed by atoms with Gasteiger partial charge in [-0.05, 0) is 49.6 Å². The van der Waals surface area contributed by atoms with Crippen LogP contribution in [0.1, 0.15) is 35.2 Å². The lowest BCUT2D eigenvalue weighted by Gasteiger charge is -2.26. The van der Waals surface area contributed by atoms with Crippen molar-refractivity contribution in [2.24, 2.45) is 0 Å². The quantitative estimate of drug-likeness (QED) is 0.678. The van der Waals surface area contributed by atoms with E-state index in [9.17, 15) is 9.59 Å². The molecule has 2 N–H and O–H groups in total. The topological polar surface area (TPSA) is 87.2 Å². The minimum atomic E-state index is -0.0792. The molecule has 0 radical (unpaired) electrons. The molecule has 31 heavy (non-hydrogen) atoms. The second-order valence-electron chi connectivity index (χ2n) is 7.89. The third-order valence-electron chi connectivity index (χ3n) is 5.70. The Hall–Kier alpha value is -3.74. The number of benzene rings is 2. The molecular weight excluding hydrogens is 390 g/mol. The zero-order chi connectivity index (χ0) is 21.2. The van der Waals surface area contributed by atoms with Gasteiger partial charge < -0.3 is 15.5 Å². The second kappa shape index (κ2) is 8.18. The Bertz CT molecular complexity index is 1140. The van der Waals surface area contributed by atoms with Crippen molar-refractivity contribution in [1.82, 2.24) is 14.9 Å². The molecule has 3 aromatic rings. The van der Waals surface area contributed by atoms with E-state index < -0.39 is 0 Å². The number of hydrogen-bond acceptors (Lipinski definition) is 5. The number of hydrogen-bond donors (Lipinski definition) is 2. The minimum absolute atomic E-state index is 0.0792. The van der Waals surface area contributed by atoms with Crippen LogP contribution in [0.15, 0.2) is 54.7 Å². The molecular formula is C24H23N5O2. The van der Waals surface area contributed by atoms with Gasteiger partial charge in [0, 0.05) is 41.7 Å². The highest BCUT2D eigenvalue weighted by Crippen LogP contribution is 2.32. The number of aromatic nitrogens is 2. The van der Waals surface area contributed by atoms with Crippen molar-refractivity contribution in [1.29, 1.82) is 0 Å². The number of fused-ring (bicyclic) bond motifs is 3. The molecule has 1 saturated heterocycles. The molecule has 7 nitrogen and oxygen atoms in total. The smallest absolute Gasteiger partial charge is 0.253 e. The van der Waals surface area contributed by atoms with Gasteiger partial charge in [0.25, 0.3) is 5.91 Å². The van der Waals surface area contributed by atoms with Crippen LogP contribution in [-0.2, 0) is 11.2 Å². The maximum absolute atomic E-state index is 12.7. The standard InChI is InChI=1S/C24H23N5O2/c30-21-14-17-15-25-24(28-22(17)19-6-2-3-7-20(19)27-21)26-18-10-8-16(9-11-18)23(31)29-12-4-1-5-13-29/h2-3,6-11,15H,1,4-5,12-14H2,(H,27,30)(H,25,26,28). The van der Waals surface area contributed by atoms with Crippen LogP contribution in [-0.4, -0.2) is 39.8 Å². The first-order valence-corrected chi connectivity index (χ1v) is 10.6. The van der Waals surface area contributed by atoms with E-state index in [2.05, 4.69) is 20.6 Å². The number of amides is 2. The van der Waals surface area contributed by atoms with Crippen LogP contribution in [0, 0.1) is 0 Å². The summed E-state index contributed by atoms with van der Waals surface area (Å²) in [4.78, 5) is 35.8. The van der Waals surface area contributed by atoms with Gasteiger partial charge in [-0.25, -0.2) is 9.97 Å². The summed E-state index contributed by atoms with van der Waals surface area (Å²) in [5, 5.41) is 6.13. The van der Waals surface area contributed by atoms with Gasteiger partial charge >= 0.3 is 0 Å². The maximum atomic E-state index is 12.7. The number of nitrogens with one attached hydrogen (secondary N) is 2. The van der Waals surface area contributed by atoms with Gasteiger partial charge in [-0.1, -0.05) is 18.2 Å². The van der Waals surface area contributed by atoms with Crippen LogP contribution in [0.4, 0.5) is 17.3 Å². The van der Waals surface area contributed by atoms with E-state index in [-0.39, 0.29) is 18.2 Å². The molecule has 156 valence electrons. The highest BCUT2D eigenvalue weighted by atomic mass is 16.2. The van der Waals surface area contributed by atoms with E-state index in [1.165, 1.54) is 6.42 Å². The molecule has 0 saturated carbocycles. The van der Waals surface area contributed by atoms with E-state index in [1.54, 1.807) is 6.20 Å². The van der Waals surface area contributed by atoms with Crippen LogP contribution in [0.3, 0.4) is 0 Å². The monoisotopic (exact) mass is 413 g/mol. The lowest BCUT2D eigenvalue weighted by Crippen LogP contribution is -2.35. The van der Waals surface area contributed by atoms with Crippen LogP contribution in [0.5, 0.6) is 0 Å². The maximum Gasteiger partial charge on any atom is 0.253 e. The summed E-state index contributed by atoms with van der Waals surface area (Å²) in [6.45, 7) is 1.67. The summed E-state index contributed by atoms with van der Waals surface area (Å²) in [5.74, 6) is 0.448. The Morgan fingerprint density at radius 2 is 1.77 bits per heavy atom. The Kier molecular flexibility index (Phi) is 5.08. The molecule has 0 aliphatic carbocycles. The molecule has 2 aromatic carbocycles. The van der Waals surface area contributed by atoms with Crippen molar-refractivity contribution >= 4 is 29.1 Å². The van der Waals surface area contributed by atoms with Gasteiger partial charge in [-0.2, -0.15) is 0 Å². The van der Waals surface area contributed by atoms with Crippen molar-refractivity contribution in [3.63, 3.8) is 0 Å². The summed E-state index contributed by atoms with van der Waals surface area (Å²) in [6, 6.07) is 15.0. The Morgan fingerprint density at radius 3 is 2.58 bits per heavy atom. The molecule has 2 amide bonds. The van der Waals surface area contributed by atoms with Gasteiger partial charge in [-0.3, -0.25) is 9.59 Å². The van der Waals surface area contributed by atoms with E-state index in [0.717, 1.165) is 54.1 Å². The fourth-order valence-corrected chi connectivity index (χ4v) is 4.10. The average Bonchev–Trinajstić information content (AvgIpc) is 2.95. The van der Waals surface area contributed by atoms with Crippen molar-refractivity contribution < 1.29 is 9.59 Å². The van der Waals surface area contributed by atoms with E-state index in [1.807, 2.05) is 53.4 Å². The highest BCUT2D eigenvalue weighted by molar-refractivity contribution is 6.00. The van der Waals surface area contributed by atoms with Crippen LogP contribution >= 0.6 is 0 Å². The summed E-state index contributed by atoms with van der Waals surface area (Å²) < 4.78 is 0. The first-order chi connectivity index (χ1) is 15.2. The highest BCUT2D eigenvalue weighted by Gasteiger charge is 2.21. The third-order valence-corrected chi connectivity index (χ3v) is 5.70. The van der Waals surface area contributed by atoms with Gasteiger partial charge in [0.1, 0.15) is 0 Å². The van der Waals surface area contributed by atoms with Gasteiger partial charge in [0.2, 0.25) is 11.9 Å². The molecule has 3 heterocycles. The minimum Gasteiger partial charge on any atom is -0.339 e. The SMILES string of the molecule is O=C1Cc2cnc(Nc3ccc(C(=O)N4CCCCC4)cc3)nc2-c2ccccc2N1. The number of anilines is 3. The fourth-order valence-electron chi connectivity index (χ4n) is 4.10. The van der Waals surface area contributed by atoms with E-state index >= 15 is 0 Å². The summed E-state index contributed by atoms with van der Waals surface area (Å²) >= 11 is 0. The molecule has 5 rings (SSSR count). The number of carbonyl (C=O) groups is 2. The molecule has 0 spiro atoms. The number of rotatable bonds is 3. The van der Waals surface area contributed by atoms with E-state index in [0.29, 0.717) is 11.5 Å². The zero-order valence-electron chi connectivity index (χ0n) is 17.1. The lowest BCUT2D eigenvalue weighted by atomic mass is 10.1. The molecule has 0 atom stereocenters.